The van der Waals surface area contributed by atoms with E-state index in [9.17, 15) is 4.79 Å². The zero-order valence-electron chi connectivity index (χ0n) is 12.3. The van der Waals surface area contributed by atoms with Crippen molar-refractivity contribution in [2.24, 2.45) is 0 Å². The molecule has 0 spiro atoms. The van der Waals surface area contributed by atoms with Crippen molar-refractivity contribution in [1.82, 2.24) is 15.1 Å². The fraction of sp³-hybridized carbons (Fsp3) is 0.500. The summed E-state index contributed by atoms with van der Waals surface area (Å²) in [5.41, 5.74) is 0.751. The molecule has 2 aromatic rings. The zero-order valence-corrected chi connectivity index (χ0v) is 13.1. The number of rotatable bonds is 2. The Labute approximate surface area is 126 Å². The minimum Gasteiger partial charge on any atom is -0.423 e. The predicted octanol–water partition coefficient (Wildman–Crippen LogP) is 2.27. The summed E-state index contributed by atoms with van der Waals surface area (Å²) in [6.45, 7) is 7.15. The first-order valence-electron chi connectivity index (χ1n) is 6.82. The summed E-state index contributed by atoms with van der Waals surface area (Å²) in [6.07, 6.45) is 0. The van der Waals surface area contributed by atoms with Gasteiger partial charge in [-0.2, -0.15) is 0 Å². The van der Waals surface area contributed by atoms with Crippen LogP contribution in [-0.2, 0) is 4.74 Å². The van der Waals surface area contributed by atoms with Gasteiger partial charge in [0.2, 0.25) is 11.8 Å². The highest BCUT2D eigenvalue weighted by Gasteiger charge is 2.33. The molecule has 0 aromatic carbocycles. The zero-order chi connectivity index (χ0) is 15.0. The van der Waals surface area contributed by atoms with Gasteiger partial charge in [0.05, 0.1) is 18.8 Å². The molecule has 2 aromatic heterocycles. The first-order valence-corrected chi connectivity index (χ1v) is 7.63. The van der Waals surface area contributed by atoms with Crippen molar-refractivity contribution in [1.29, 1.82) is 0 Å². The Kier molecular flexibility index (Phi) is 3.77. The second kappa shape index (κ2) is 5.57. The Balaban J connectivity index is 1.90. The van der Waals surface area contributed by atoms with E-state index in [0.717, 1.165) is 15.3 Å². The maximum atomic E-state index is 12.8. The summed E-state index contributed by atoms with van der Waals surface area (Å²) in [7, 11) is 0. The highest BCUT2D eigenvalue weighted by molar-refractivity contribution is 7.12. The number of amides is 1. The molecular formula is C14H17N3O3S. The minimum absolute atomic E-state index is 0.000929. The number of nitrogens with zero attached hydrogens (tertiary/aromatic N) is 3. The molecule has 21 heavy (non-hydrogen) atoms. The topological polar surface area (TPSA) is 68.5 Å². The van der Waals surface area contributed by atoms with Gasteiger partial charge in [0, 0.05) is 23.2 Å². The van der Waals surface area contributed by atoms with Gasteiger partial charge in [0.25, 0.3) is 5.91 Å². The SMILES string of the molecule is Cc1nnc([C@H]2COCCN2C(=O)c2cc(C)sc2C)o1. The molecule has 0 N–H and O–H groups in total. The van der Waals surface area contributed by atoms with E-state index in [1.807, 2.05) is 19.9 Å². The van der Waals surface area contributed by atoms with Gasteiger partial charge in [0.15, 0.2) is 0 Å². The number of thiophene rings is 1. The largest absolute Gasteiger partial charge is 0.423 e. The molecule has 0 unspecified atom stereocenters. The van der Waals surface area contributed by atoms with Gasteiger partial charge in [-0.05, 0) is 19.9 Å². The van der Waals surface area contributed by atoms with E-state index in [2.05, 4.69) is 10.2 Å². The van der Waals surface area contributed by atoms with E-state index in [-0.39, 0.29) is 11.9 Å². The average molecular weight is 307 g/mol. The first-order chi connectivity index (χ1) is 10.1. The molecule has 1 amide bonds. The summed E-state index contributed by atoms with van der Waals surface area (Å²) in [5.74, 6) is 0.927. The van der Waals surface area contributed by atoms with Gasteiger partial charge in [-0.1, -0.05) is 0 Å². The molecule has 112 valence electrons. The lowest BCUT2D eigenvalue weighted by molar-refractivity contribution is -0.0106. The van der Waals surface area contributed by atoms with E-state index in [4.69, 9.17) is 9.15 Å². The molecule has 0 saturated carbocycles. The molecule has 0 radical (unpaired) electrons. The molecule has 3 heterocycles. The molecule has 1 aliphatic heterocycles. The summed E-state index contributed by atoms with van der Waals surface area (Å²) in [4.78, 5) is 16.7. The van der Waals surface area contributed by atoms with Crippen LogP contribution in [0.1, 0.15) is 37.9 Å². The number of aryl methyl sites for hydroxylation is 3. The smallest absolute Gasteiger partial charge is 0.255 e. The molecule has 0 bridgehead atoms. The number of morpholine rings is 1. The van der Waals surface area contributed by atoms with Crippen LogP contribution in [-0.4, -0.2) is 40.8 Å². The Hall–Kier alpha value is -1.73. The van der Waals surface area contributed by atoms with Crippen molar-refractivity contribution in [2.75, 3.05) is 19.8 Å². The number of carbonyl (C=O) groups excluding carboxylic acids is 1. The van der Waals surface area contributed by atoms with Gasteiger partial charge in [0.1, 0.15) is 6.04 Å². The van der Waals surface area contributed by atoms with E-state index >= 15 is 0 Å². The second-order valence-electron chi connectivity index (χ2n) is 5.08. The minimum atomic E-state index is -0.313. The average Bonchev–Trinajstić information content (AvgIpc) is 3.04. The lowest BCUT2D eigenvalue weighted by atomic mass is 10.1. The number of aromatic nitrogens is 2. The Morgan fingerprint density at radius 1 is 1.38 bits per heavy atom. The van der Waals surface area contributed by atoms with E-state index in [1.54, 1.807) is 23.2 Å². The van der Waals surface area contributed by atoms with Crippen LogP contribution in [0.4, 0.5) is 0 Å². The predicted molar refractivity (Wildman–Crippen MR) is 77.4 cm³/mol. The first kappa shape index (κ1) is 14.2. The van der Waals surface area contributed by atoms with Crippen molar-refractivity contribution in [2.45, 2.75) is 26.8 Å². The third kappa shape index (κ3) is 2.71. The van der Waals surface area contributed by atoms with Gasteiger partial charge >= 0.3 is 0 Å². The van der Waals surface area contributed by atoms with Crippen LogP contribution in [0.5, 0.6) is 0 Å². The van der Waals surface area contributed by atoms with Gasteiger partial charge < -0.3 is 14.1 Å². The third-order valence-electron chi connectivity index (χ3n) is 3.49. The van der Waals surface area contributed by atoms with Crippen LogP contribution in [0, 0.1) is 20.8 Å². The van der Waals surface area contributed by atoms with Crippen molar-refractivity contribution in [3.8, 4) is 0 Å². The van der Waals surface area contributed by atoms with E-state index in [0.29, 0.717) is 31.5 Å². The number of ether oxygens (including phenoxy) is 1. The van der Waals surface area contributed by atoms with Gasteiger partial charge in [-0.25, -0.2) is 0 Å². The summed E-state index contributed by atoms with van der Waals surface area (Å²) < 4.78 is 11.0. The molecule has 3 rings (SSSR count). The Morgan fingerprint density at radius 2 is 2.19 bits per heavy atom. The Morgan fingerprint density at radius 3 is 2.81 bits per heavy atom. The highest BCUT2D eigenvalue weighted by atomic mass is 32.1. The van der Waals surface area contributed by atoms with Gasteiger partial charge in [-0.15, -0.1) is 21.5 Å². The molecule has 6 nitrogen and oxygen atoms in total. The van der Waals surface area contributed by atoms with Crippen LogP contribution < -0.4 is 0 Å². The molecule has 1 aliphatic rings. The molecule has 1 saturated heterocycles. The Bertz CT molecular complexity index is 664. The molecular weight excluding hydrogens is 290 g/mol. The van der Waals surface area contributed by atoms with Crippen LogP contribution >= 0.6 is 11.3 Å². The number of carbonyl (C=O) groups is 1. The second-order valence-corrected chi connectivity index (χ2v) is 6.54. The number of hydrogen-bond acceptors (Lipinski definition) is 6. The molecule has 7 heteroatoms. The molecule has 1 atom stereocenters. The number of hydrogen-bond donors (Lipinski definition) is 0. The standard InChI is InChI=1S/C14H17N3O3S/c1-8-6-11(9(2)21-8)14(18)17-4-5-19-7-12(17)13-16-15-10(3)20-13/h6,12H,4-5,7H2,1-3H3/t12-/m1/s1. The van der Waals surface area contributed by atoms with Crippen LogP contribution in [0.25, 0.3) is 0 Å². The van der Waals surface area contributed by atoms with Crippen molar-refractivity contribution in [3.63, 3.8) is 0 Å². The maximum Gasteiger partial charge on any atom is 0.255 e. The van der Waals surface area contributed by atoms with Crippen molar-refractivity contribution >= 4 is 17.2 Å². The normalized spacial score (nSPS) is 19.0. The van der Waals surface area contributed by atoms with Crippen LogP contribution in [0.15, 0.2) is 10.5 Å². The van der Waals surface area contributed by atoms with Crippen LogP contribution in [0.3, 0.4) is 0 Å². The summed E-state index contributed by atoms with van der Waals surface area (Å²) in [5, 5.41) is 7.88. The molecule has 1 fully saturated rings. The monoisotopic (exact) mass is 307 g/mol. The summed E-state index contributed by atoms with van der Waals surface area (Å²) >= 11 is 1.63. The molecule has 0 aliphatic carbocycles. The van der Waals surface area contributed by atoms with Crippen molar-refractivity contribution < 1.29 is 13.9 Å². The van der Waals surface area contributed by atoms with Gasteiger partial charge in [-0.3, -0.25) is 4.79 Å². The van der Waals surface area contributed by atoms with Crippen LogP contribution in [0.2, 0.25) is 0 Å². The lowest BCUT2D eigenvalue weighted by Gasteiger charge is -2.33. The summed E-state index contributed by atoms with van der Waals surface area (Å²) in [6, 6.07) is 1.63. The third-order valence-corrected chi connectivity index (χ3v) is 4.45. The maximum absolute atomic E-state index is 12.8. The van der Waals surface area contributed by atoms with E-state index in [1.165, 1.54) is 0 Å². The fourth-order valence-electron chi connectivity index (χ4n) is 2.50. The van der Waals surface area contributed by atoms with Crippen molar-refractivity contribution in [3.05, 3.63) is 33.2 Å². The van der Waals surface area contributed by atoms with E-state index < -0.39 is 0 Å². The quantitative estimate of drug-likeness (QED) is 0.851. The fourth-order valence-corrected chi connectivity index (χ4v) is 3.41. The lowest BCUT2D eigenvalue weighted by Crippen LogP contribution is -2.43. The highest BCUT2D eigenvalue weighted by Crippen LogP contribution is 2.28.